The first-order valence-electron chi connectivity index (χ1n) is 9.82. The van der Waals surface area contributed by atoms with Crippen molar-refractivity contribution < 1.29 is 9.32 Å². The van der Waals surface area contributed by atoms with E-state index in [0.717, 1.165) is 36.3 Å². The second-order valence-corrected chi connectivity index (χ2v) is 7.18. The van der Waals surface area contributed by atoms with Crippen molar-refractivity contribution in [2.45, 2.75) is 19.4 Å². The Kier molecular flexibility index (Phi) is 4.80. The summed E-state index contributed by atoms with van der Waals surface area (Å²) in [6, 6.07) is 9.57. The summed E-state index contributed by atoms with van der Waals surface area (Å²) < 4.78 is 5.27. The van der Waals surface area contributed by atoms with Gasteiger partial charge in [0.15, 0.2) is 11.5 Å². The Labute approximate surface area is 171 Å². The Morgan fingerprint density at radius 3 is 3.03 bits per heavy atom. The number of benzene rings is 1. The normalized spacial score (nSPS) is 16.7. The number of anilines is 1. The van der Waals surface area contributed by atoms with Gasteiger partial charge in [-0.2, -0.15) is 4.98 Å². The Morgan fingerprint density at radius 2 is 2.13 bits per heavy atom. The fourth-order valence-corrected chi connectivity index (χ4v) is 3.71. The number of hydrogen-bond acceptors (Lipinski definition) is 8. The number of fused-ring (bicyclic) bond motifs is 1. The highest BCUT2D eigenvalue weighted by Gasteiger charge is 2.28. The molecular weight excluding hydrogens is 384 g/mol. The molecule has 4 aromatic rings. The van der Waals surface area contributed by atoms with Gasteiger partial charge in [0.2, 0.25) is 17.6 Å². The maximum absolute atomic E-state index is 12.8. The number of aromatic amines is 1. The number of H-pyrrole nitrogens is 1. The lowest BCUT2D eigenvalue weighted by molar-refractivity contribution is -0.125. The number of rotatable bonds is 5. The van der Waals surface area contributed by atoms with Crippen LogP contribution in [0.1, 0.15) is 18.7 Å². The maximum atomic E-state index is 12.8. The van der Waals surface area contributed by atoms with Crippen molar-refractivity contribution in [2.24, 2.45) is 5.92 Å². The molecule has 30 heavy (non-hydrogen) atoms. The molecule has 0 aliphatic carbocycles. The van der Waals surface area contributed by atoms with Gasteiger partial charge < -0.3 is 19.7 Å². The average Bonchev–Trinajstić information content (AvgIpc) is 3.47. The van der Waals surface area contributed by atoms with Gasteiger partial charge >= 0.3 is 0 Å². The molecule has 152 valence electrons. The van der Waals surface area contributed by atoms with Crippen molar-refractivity contribution in [3.63, 3.8) is 0 Å². The number of hydrogen-bond donors (Lipinski definition) is 2. The number of aromatic nitrogens is 6. The fourth-order valence-electron chi connectivity index (χ4n) is 3.71. The van der Waals surface area contributed by atoms with E-state index < -0.39 is 0 Å². The molecule has 1 aromatic carbocycles. The van der Waals surface area contributed by atoms with Crippen molar-refractivity contribution in [3.05, 3.63) is 48.9 Å². The molecule has 0 radical (unpaired) electrons. The zero-order valence-corrected chi connectivity index (χ0v) is 16.2. The van der Waals surface area contributed by atoms with Gasteiger partial charge in [-0.15, -0.1) is 0 Å². The van der Waals surface area contributed by atoms with Gasteiger partial charge in [-0.05, 0) is 12.8 Å². The highest BCUT2D eigenvalue weighted by Crippen LogP contribution is 2.26. The molecule has 0 spiro atoms. The molecule has 2 N–H and O–H groups in total. The molecule has 10 nitrogen and oxygen atoms in total. The van der Waals surface area contributed by atoms with E-state index >= 15 is 0 Å². The van der Waals surface area contributed by atoms with E-state index in [9.17, 15) is 4.79 Å². The minimum absolute atomic E-state index is 0.0333. The van der Waals surface area contributed by atoms with E-state index in [1.807, 2.05) is 30.3 Å². The van der Waals surface area contributed by atoms with Crippen LogP contribution in [0.25, 0.3) is 22.6 Å². The lowest BCUT2D eigenvalue weighted by Crippen LogP contribution is -2.43. The third-order valence-electron chi connectivity index (χ3n) is 5.21. The number of amides is 1. The maximum Gasteiger partial charge on any atom is 0.246 e. The second kappa shape index (κ2) is 7.90. The zero-order valence-electron chi connectivity index (χ0n) is 16.2. The quantitative estimate of drug-likeness (QED) is 0.517. The first-order valence-corrected chi connectivity index (χ1v) is 9.82. The van der Waals surface area contributed by atoms with Gasteiger partial charge in [-0.1, -0.05) is 35.5 Å². The molecule has 1 aliphatic heterocycles. The molecule has 1 atom stereocenters. The van der Waals surface area contributed by atoms with E-state index in [1.165, 1.54) is 6.33 Å². The second-order valence-electron chi connectivity index (χ2n) is 7.18. The van der Waals surface area contributed by atoms with Gasteiger partial charge in [-0.3, -0.25) is 4.79 Å². The summed E-state index contributed by atoms with van der Waals surface area (Å²) in [6.07, 6.45) is 4.82. The van der Waals surface area contributed by atoms with Crippen LogP contribution < -0.4 is 10.2 Å². The van der Waals surface area contributed by atoms with Crippen LogP contribution in [-0.4, -0.2) is 49.1 Å². The Morgan fingerprint density at radius 1 is 1.23 bits per heavy atom. The van der Waals surface area contributed by atoms with Crippen LogP contribution in [0.4, 0.5) is 5.82 Å². The van der Waals surface area contributed by atoms with Gasteiger partial charge in [0.25, 0.3) is 0 Å². The van der Waals surface area contributed by atoms with Crippen LogP contribution in [-0.2, 0) is 11.3 Å². The molecule has 1 aliphatic rings. The molecule has 1 fully saturated rings. The summed E-state index contributed by atoms with van der Waals surface area (Å²) in [6.45, 7) is 1.61. The van der Waals surface area contributed by atoms with E-state index in [4.69, 9.17) is 4.52 Å². The minimum Gasteiger partial charge on any atom is -0.354 e. The van der Waals surface area contributed by atoms with E-state index in [2.05, 4.69) is 40.3 Å². The van der Waals surface area contributed by atoms with Gasteiger partial charge in [0.1, 0.15) is 11.8 Å². The Hall–Kier alpha value is -3.82. The highest BCUT2D eigenvalue weighted by atomic mass is 16.5. The SMILES string of the molecule is O=C(NCc1nc(-c2ccccc2)no1)C1CCCN(c2ncnc3nc[nH]c23)C1. The molecule has 4 heterocycles. The molecule has 0 saturated carbocycles. The lowest BCUT2D eigenvalue weighted by Gasteiger charge is -2.32. The van der Waals surface area contributed by atoms with Crippen molar-refractivity contribution in [1.29, 1.82) is 0 Å². The molecule has 1 unspecified atom stereocenters. The monoisotopic (exact) mass is 404 g/mol. The van der Waals surface area contributed by atoms with E-state index in [1.54, 1.807) is 6.33 Å². The Bertz CT molecular complexity index is 1160. The first kappa shape index (κ1) is 18.2. The molecule has 1 saturated heterocycles. The number of piperidine rings is 1. The third kappa shape index (κ3) is 3.59. The standard InChI is InChI=1S/C20H20N8O2/c29-20(21-9-15-26-17(27-30-15)13-5-2-1-3-6-13)14-7-4-8-28(10-14)19-16-18(23-11-22-16)24-12-25-19/h1-3,5-6,11-12,14H,4,7-10H2,(H,21,29)(H,22,23,24,25). The van der Waals surface area contributed by atoms with Crippen molar-refractivity contribution in [3.8, 4) is 11.4 Å². The van der Waals surface area contributed by atoms with Crippen LogP contribution in [0.5, 0.6) is 0 Å². The topological polar surface area (TPSA) is 126 Å². The van der Waals surface area contributed by atoms with Crippen molar-refractivity contribution in [1.82, 2.24) is 35.4 Å². The third-order valence-corrected chi connectivity index (χ3v) is 5.21. The largest absolute Gasteiger partial charge is 0.354 e. The molecule has 0 bridgehead atoms. The molecule has 1 amide bonds. The number of imidazole rings is 1. The number of nitrogens with one attached hydrogen (secondary N) is 2. The zero-order chi connectivity index (χ0) is 20.3. The Balaban J connectivity index is 1.22. The summed E-state index contributed by atoms with van der Waals surface area (Å²) in [5.41, 5.74) is 2.28. The van der Waals surface area contributed by atoms with Crippen LogP contribution in [0.15, 0.2) is 47.5 Å². The van der Waals surface area contributed by atoms with E-state index in [0.29, 0.717) is 23.9 Å². The number of carbonyl (C=O) groups is 1. The highest BCUT2D eigenvalue weighted by molar-refractivity contribution is 5.84. The molecule has 10 heteroatoms. The van der Waals surface area contributed by atoms with Crippen LogP contribution in [0.2, 0.25) is 0 Å². The summed E-state index contributed by atoms with van der Waals surface area (Å²) in [4.78, 5) is 35.0. The van der Waals surface area contributed by atoms with Gasteiger partial charge in [0, 0.05) is 18.7 Å². The molecular formula is C20H20N8O2. The summed E-state index contributed by atoms with van der Waals surface area (Å²) in [7, 11) is 0. The first-order chi connectivity index (χ1) is 14.8. The number of nitrogens with zero attached hydrogens (tertiary/aromatic N) is 6. The predicted molar refractivity (Wildman–Crippen MR) is 108 cm³/mol. The fraction of sp³-hybridized carbons (Fsp3) is 0.300. The van der Waals surface area contributed by atoms with Crippen molar-refractivity contribution >= 4 is 22.9 Å². The van der Waals surface area contributed by atoms with Crippen molar-refractivity contribution in [2.75, 3.05) is 18.0 Å². The summed E-state index contributed by atoms with van der Waals surface area (Å²) in [5.74, 6) is 1.48. The minimum atomic E-state index is -0.150. The van der Waals surface area contributed by atoms with E-state index in [-0.39, 0.29) is 18.4 Å². The average molecular weight is 404 g/mol. The smallest absolute Gasteiger partial charge is 0.246 e. The molecule has 5 rings (SSSR count). The van der Waals surface area contributed by atoms with Gasteiger partial charge in [-0.25, -0.2) is 15.0 Å². The predicted octanol–water partition coefficient (Wildman–Crippen LogP) is 1.94. The van der Waals surface area contributed by atoms with Gasteiger partial charge in [0.05, 0.1) is 18.8 Å². The summed E-state index contributed by atoms with van der Waals surface area (Å²) >= 11 is 0. The summed E-state index contributed by atoms with van der Waals surface area (Å²) in [5, 5.41) is 6.91. The molecule has 3 aromatic heterocycles. The van der Waals surface area contributed by atoms with Crippen LogP contribution in [0, 0.1) is 5.92 Å². The number of carbonyl (C=O) groups excluding carboxylic acids is 1. The lowest BCUT2D eigenvalue weighted by atomic mass is 9.97. The van der Waals surface area contributed by atoms with Crippen LogP contribution in [0.3, 0.4) is 0 Å². The van der Waals surface area contributed by atoms with Crippen LogP contribution >= 0.6 is 0 Å².